The number of nitrogens with zero attached hydrogens (tertiary/aromatic N) is 1. The number of hydrogen-bond acceptors (Lipinski definition) is 3. The third-order valence-electron chi connectivity index (χ3n) is 5.69. The Morgan fingerprint density at radius 3 is 2.33 bits per heavy atom. The van der Waals surface area contributed by atoms with Crippen LogP contribution in [-0.4, -0.2) is 31.7 Å². The molecule has 0 aliphatic carbocycles. The van der Waals surface area contributed by atoms with Gasteiger partial charge in [-0.2, -0.15) is 13.2 Å². The summed E-state index contributed by atoms with van der Waals surface area (Å²) in [6.07, 6.45) is -3.98. The van der Waals surface area contributed by atoms with Crippen molar-refractivity contribution in [3.8, 4) is 11.5 Å². The molecule has 0 spiro atoms. The lowest BCUT2D eigenvalue weighted by atomic mass is 9.87. The summed E-state index contributed by atoms with van der Waals surface area (Å²) >= 11 is 0. The number of ether oxygens (including phenoxy) is 2. The van der Waals surface area contributed by atoms with E-state index in [1.54, 1.807) is 41.3 Å². The van der Waals surface area contributed by atoms with Gasteiger partial charge in [0.2, 0.25) is 0 Å². The standard InChI is InChI=1S/C25H23F3N2O3/c1-32-21-14-16-11-12-30(24(31)29-19-9-4-3-5-10-19)23(20(16)15-22(21)33-2)17-7-6-8-18(13-17)25(26,27)28/h3-10,13-15,23H,11-12H2,1-2H3,(H,29,31). The van der Waals surface area contributed by atoms with Gasteiger partial charge >= 0.3 is 12.2 Å². The van der Waals surface area contributed by atoms with Gasteiger partial charge in [-0.1, -0.05) is 30.3 Å². The number of nitrogens with one attached hydrogen (secondary N) is 1. The Morgan fingerprint density at radius 1 is 0.970 bits per heavy atom. The summed E-state index contributed by atoms with van der Waals surface area (Å²) in [5, 5.41) is 2.85. The fourth-order valence-corrected chi connectivity index (χ4v) is 4.13. The lowest BCUT2D eigenvalue weighted by molar-refractivity contribution is -0.137. The van der Waals surface area contributed by atoms with E-state index in [2.05, 4.69) is 5.32 Å². The second-order valence-corrected chi connectivity index (χ2v) is 7.67. The van der Waals surface area contributed by atoms with Crippen molar-refractivity contribution in [2.75, 3.05) is 26.1 Å². The van der Waals surface area contributed by atoms with Gasteiger partial charge in [0.25, 0.3) is 0 Å². The molecular weight excluding hydrogens is 433 g/mol. The van der Waals surface area contributed by atoms with Crippen LogP contribution in [0.1, 0.15) is 28.3 Å². The largest absolute Gasteiger partial charge is 0.493 e. The van der Waals surface area contributed by atoms with Gasteiger partial charge in [-0.3, -0.25) is 0 Å². The van der Waals surface area contributed by atoms with E-state index in [1.165, 1.54) is 20.3 Å². The van der Waals surface area contributed by atoms with E-state index in [1.807, 2.05) is 12.1 Å². The van der Waals surface area contributed by atoms with Crippen LogP contribution in [0.3, 0.4) is 0 Å². The summed E-state index contributed by atoms with van der Waals surface area (Å²) in [4.78, 5) is 14.8. The molecular formula is C25H23F3N2O3. The third-order valence-corrected chi connectivity index (χ3v) is 5.69. The maximum Gasteiger partial charge on any atom is 0.416 e. The number of hydrogen-bond donors (Lipinski definition) is 1. The van der Waals surface area contributed by atoms with Crippen molar-refractivity contribution in [2.45, 2.75) is 18.6 Å². The van der Waals surface area contributed by atoms with E-state index >= 15 is 0 Å². The molecule has 0 bridgehead atoms. The Kier molecular flexibility index (Phi) is 6.18. The maximum atomic E-state index is 13.5. The quantitative estimate of drug-likeness (QED) is 0.532. The molecule has 2 amide bonds. The highest BCUT2D eigenvalue weighted by Gasteiger charge is 2.36. The number of para-hydroxylation sites is 1. The molecule has 1 aliphatic rings. The number of urea groups is 1. The molecule has 1 heterocycles. The Bertz CT molecular complexity index is 1150. The van der Waals surface area contributed by atoms with Gasteiger partial charge in [0, 0.05) is 12.2 Å². The number of fused-ring (bicyclic) bond motifs is 1. The summed E-state index contributed by atoms with van der Waals surface area (Å²) in [6, 6.07) is 16.4. The zero-order chi connectivity index (χ0) is 23.6. The minimum atomic E-state index is -4.50. The Balaban J connectivity index is 1.82. The van der Waals surface area contributed by atoms with Crippen molar-refractivity contribution < 1.29 is 27.4 Å². The normalized spacial score (nSPS) is 15.5. The maximum absolute atomic E-state index is 13.5. The lowest BCUT2D eigenvalue weighted by Gasteiger charge is -2.38. The predicted octanol–water partition coefficient (Wildman–Crippen LogP) is 5.90. The van der Waals surface area contributed by atoms with Gasteiger partial charge in [-0.05, 0) is 59.5 Å². The molecule has 1 unspecified atom stereocenters. The van der Waals surface area contributed by atoms with Crippen LogP contribution in [0.5, 0.6) is 11.5 Å². The fraction of sp³-hybridized carbons (Fsp3) is 0.240. The molecule has 0 fully saturated rings. The van der Waals surface area contributed by atoms with Crippen LogP contribution in [0.25, 0.3) is 0 Å². The minimum Gasteiger partial charge on any atom is -0.493 e. The first kappa shape index (κ1) is 22.5. The minimum absolute atomic E-state index is 0.321. The molecule has 1 N–H and O–H groups in total. The molecule has 1 atom stereocenters. The van der Waals surface area contributed by atoms with Crippen molar-refractivity contribution in [2.24, 2.45) is 0 Å². The van der Waals surface area contributed by atoms with E-state index in [-0.39, 0.29) is 0 Å². The number of carbonyl (C=O) groups is 1. The number of halogens is 3. The first-order valence-corrected chi connectivity index (χ1v) is 10.4. The van der Waals surface area contributed by atoms with Crippen molar-refractivity contribution in [1.29, 1.82) is 0 Å². The molecule has 33 heavy (non-hydrogen) atoms. The average Bonchev–Trinajstić information content (AvgIpc) is 2.82. The van der Waals surface area contributed by atoms with Crippen molar-refractivity contribution in [3.63, 3.8) is 0 Å². The second kappa shape index (κ2) is 9.05. The molecule has 3 aromatic rings. The van der Waals surface area contributed by atoms with Crippen molar-refractivity contribution in [3.05, 3.63) is 89.0 Å². The molecule has 5 nitrogen and oxygen atoms in total. The summed E-state index contributed by atoms with van der Waals surface area (Å²) < 4.78 is 51.2. The van der Waals surface area contributed by atoms with Crippen molar-refractivity contribution >= 4 is 11.7 Å². The fourth-order valence-electron chi connectivity index (χ4n) is 4.13. The highest BCUT2D eigenvalue weighted by atomic mass is 19.4. The zero-order valence-electron chi connectivity index (χ0n) is 18.1. The van der Waals surface area contributed by atoms with Crippen LogP contribution in [0, 0.1) is 0 Å². The summed E-state index contributed by atoms with van der Waals surface area (Å²) in [6.45, 7) is 0.321. The predicted molar refractivity (Wildman–Crippen MR) is 119 cm³/mol. The summed E-state index contributed by atoms with van der Waals surface area (Å²) in [5.74, 6) is 0.972. The first-order valence-electron chi connectivity index (χ1n) is 10.4. The molecule has 0 aromatic heterocycles. The van der Waals surface area contributed by atoms with Gasteiger partial charge < -0.3 is 19.7 Å². The number of alkyl halides is 3. The summed E-state index contributed by atoms with van der Waals surface area (Å²) in [7, 11) is 3.02. The highest BCUT2D eigenvalue weighted by molar-refractivity contribution is 5.90. The molecule has 0 saturated carbocycles. The third kappa shape index (κ3) is 4.60. The Hall–Kier alpha value is -3.68. The summed E-state index contributed by atoms with van der Waals surface area (Å²) in [5.41, 5.74) is 1.78. The number of anilines is 1. The Labute approximate surface area is 189 Å². The first-order chi connectivity index (χ1) is 15.8. The van der Waals surface area contributed by atoms with Crippen LogP contribution in [-0.2, 0) is 12.6 Å². The van der Waals surface area contributed by atoms with Crippen LogP contribution in [0.15, 0.2) is 66.7 Å². The topological polar surface area (TPSA) is 50.8 Å². The van der Waals surface area contributed by atoms with Crippen LogP contribution < -0.4 is 14.8 Å². The van der Waals surface area contributed by atoms with Crippen molar-refractivity contribution in [1.82, 2.24) is 4.90 Å². The Morgan fingerprint density at radius 2 is 1.67 bits per heavy atom. The number of benzene rings is 3. The molecule has 172 valence electrons. The van der Waals surface area contributed by atoms with Gasteiger partial charge in [-0.15, -0.1) is 0 Å². The molecule has 1 aliphatic heterocycles. The molecule has 8 heteroatoms. The monoisotopic (exact) mass is 456 g/mol. The zero-order valence-corrected chi connectivity index (χ0v) is 18.1. The van der Waals surface area contributed by atoms with Gasteiger partial charge in [0.15, 0.2) is 11.5 Å². The number of carbonyl (C=O) groups excluding carboxylic acids is 1. The second-order valence-electron chi connectivity index (χ2n) is 7.67. The highest BCUT2D eigenvalue weighted by Crippen LogP contribution is 2.42. The van der Waals surface area contributed by atoms with Crippen LogP contribution in [0.4, 0.5) is 23.7 Å². The van der Waals surface area contributed by atoms with E-state index in [0.29, 0.717) is 41.3 Å². The van der Waals surface area contributed by atoms with Crippen LogP contribution >= 0.6 is 0 Å². The SMILES string of the molecule is COc1cc2c(cc1OC)C(c1cccc(C(F)(F)F)c1)N(C(=O)Nc1ccccc1)CC2. The smallest absolute Gasteiger partial charge is 0.416 e. The van der Waals surface area contributed by atoms with E-state index in [9.17, 15) is 18.0 Å². The molecule has 0 radical (unpaired) electrons. The van der Waals surface area contributed by atoms with E-state index in [4.69, 9.17) is 9.47 Å². The van der Waals surface area contributed by atoms with Gasteiger partial charge in [0.1, 0.15) is 0 Å². The molecule has 3 aromatic carbocycles. The average molecular weight is 456 g/mol. The van der Waals surface area contributed by atoms with Gasteiger partial charge in [0.05, 0.1) is 25.8 Å². The number of amides is 2. The number of methoxy groups -OCH3 is 2. The molecule has 4 rings (SSSR count). The number of rotatable bonds is 4. The molecule has 0 saturated heterocycles. The lowest BCUT2D eigenvalue weighted by Crippen LogP contribution is -2.43. The van der Waals surface area contributed by atoms with E-state index < -0.39 is 23.8 Å². The van der Waals surface area contributed by atoms with Crippen LogP contribution in [0.2, 0.25) is 0 Å². The van der Waals surface area contributed by atoms with E-state index in [0.717, 1.165) is 17.7 Å². The van der Waals surface area contributed by atoms with Gasteiger partial charge in [-0.25, -0.2) is 4.79 Å².